The van der Waals surface area contributed by atoms with Gasteiger partial charge in [0.2, 0.25) is 4.96 Å². The van der Waals surface area contributed by atoms with Crippen molar-refractivity contribution in [3.8, 4) is 11.3 Å². The van der Waals surface area contributed by atoms with Crippen LogP contribution in [0.3, 0.4) is 0 Å². The van der Waals surface area contributed by atoms with Gasteiger partial charge in [-0.25, -0.2) is 9.50 Å². The van der Waals surface area contributed by atoms with Gasteiger partial charge in [-0.15, -0.1) is 0 Å². The average molecular weight is 272 g/mol. The highest BCUT2D eigenvalue weighted by molar-refractivity contribution is 7.16. The van der Waals surface area contributed by atoms with Crippen molar-refractivity contribution >= 4 is 16.3 Å². The van der Waals surface area contributed by atoms with Crippen molar-refractivity contribution in [1.82, 2.24) is 14.6 Å². The van der Waals surface area contributed by atoms with Crippen molar-refractivity contribution in [2.75, 3.05) is 6.54 Å². The number of hydrogen-bond donors (Lipinski definition) is 1. The molecule has 3 aromatic rings. The summed E-state index contributed by atoms with van der Waals surface area (Å²) in [5.74, 6) is 0. The van der Waals surface area contributed by atoms with E-state index in [0.717, 1.165) is 34.1 Å². The summed E-state index contributed by atoms with van der Waals surface area (Å²) < 4.78 is 1.87. The summed E-state index contributed by atoms with van der Waals surface area (Å²) in [6.45, 7) is 2.79. The summed E-state index contributed by atoms with van der Waals surface area (Å²) in [7, 11) is 0. The Kier molecular flexibility index (Phi) is 3.31. The van der Waals surface area contributed by atoms with Crippen LogP contribution in [0.1, 0.15) is 17.5 Å². The average Bonchev–Trinajstić information content (AvgIpc) is 2.97. The topological polar surface area (TPSA) is 56.2 Å². The van der Waals surface area contributed by atoms with E-state index in [-0.39, 0.29) is 0 Å². The van der Waals surface area contributed by atoms with E-state index in [1.165, 1.54) is 5.56 Å². The summed E-state index contributed by atoms with van der Waals surface area (Å²) in [6.07, 6.45) is 3.86. The molecular formula is C14H16N4S. The Morgan fingerprint density at radius 3 is 2.68 bits per heavy atom. The summed E-state index contributed by atoms with van der Waals surface area (Å²) >= 11 is 1.65. The molecule has 98 valence electrons. The van der Waals surface area contributed by atoms with E-state index in [1.807, 2.05) is 10.7 Å². The fourth-order valence-electron chi connectivity index (χ4n) is 2.03. The van der Waals surface area contributed by atoms with Gasteiger partial charge in [0.15, 0.2) is 0 Å². The monoisotopic (exact) mass is 272 g/mol. The van der Waals surface area contributed by atoms with Gasteiger partial charge in [-0.3, -0.25) is 0 Å². The zero-order chi connectivity index (χ0) is 13.2. The lowest BCUT2D eigenvalue weighted by Crippen LogP contribution is -2.02. The minimum atomic E-state index is 0.684. The molecule has 0 radical (unpaired) electrons. The van der Waals surface area contributed by atoms with Crippen LogP contribution in [0, 0.1) is 0 Å². The lowest BCUT2D eigenvalue weighted by Gasteiger charge is -2.00. The first kappa shape index (κ1) is 12.3. The van der Waals surface area contributed by atoms with Crippen molar-refractivity contribution in [1.29, 1.82) is 0 Å². The molecule has 0 unspecified atom stereocenters. The highest BCUT2D eigenvalue weighted by Crippen LogP contribution is 2.22. The molecule has 2 N–H and O–H groups in total. The van der Waals surface area contributed by atoms with E-state index in [4.69, 9.17) is 5.73 Å². The quantitative estimate of drug-likeness (QED) is 0.794. The first-order chi connectivity index (χ1) is 9.30. The predicted octanol–water partition coefficient (Wildman–Crippen LogP) is 2.52. The summed E-state index contributed by atoms with van der Waals surface area (Å²) in [6, 6.07) is 8.41. The van der Waals surface area contributed by atoms with Gasteiger partial charge in [0.25, 0.3) is 0 Å². The third-order valence-corrected chi connectivity index (χ3v) is 4.14. The second-order valence-corrected chi connectivity index (χ2v) is 5.48. The highest BCUT2D eigenvalue weighted by Gasteiger charge is 2.08. The zero-order valence-corrected chi connectivity index (χ0v) is 11.7. The van der Waals surface area contributed by atoms with Gasteiger partial charge in [0.1, 0.15) is 5.01 Å². The van der Waals surface area contributed by atoms with Gasteiger partial charge in [0, 0.05) is 5.56 Å². The molecule has 3 rings (SSSR count). The smallest absolute Gasteiger partial charge is 0.212 e. The summed E-state index contributed by atoms with van der Waals surface area (Å²) in [5, 5.41) is 5.60. The van der Waals surface area contributed by atoms with Gasteiger partial charge >= 0.3 is 0 Å². The Labute approximate surface area is 115 Å². The number of nitrogens with two attached hydrogens (primary N) is 1. The zero-order valence-electron chi connectivity index (χ0n) is 10.8. The Balaban J connectivity index is 1.92. The number of benzene rings is 1. The van der Waals surface area contributed by atoms with Crippen LogP contribution in [-0.2, 0) is 12.8 Å². The molecular weight excluding hydrogens is 256 g/mol. The fraction of sp³-hybridized carbons (Fsp3) is 0.286. The largest absolute Gasteiger partial charge is 0.330 e. The number of aryl methyl sites for hydroxylation is 1. The molecule has 0 aliphatic heterocycles. The molecule has 0 aliphatic carbocycles. The lowest BCUT2D eigenvalue weighted by molar-refractivity contribution is 0.910. The Hall–Kier alpha value is -1.72. The van der Waals surface area contributed by atoms with Gasteiger partial charge < -0.3 is 5.73 Å². The minimum absolute atomic E-state index is 0.684. The Bertz CT molecular complexity index is 650. The number of nitrogens with zero attached hydrogens (tertiary/aromatic N) is 3. The maximum atomic E-state index is 5.55. The lowest BCUT2D eigenvalue weighted by atomic mass is 10.1. The highest BCUT2D eigenvalue weighted by atomic mass is 32.1. The van der Waals surface area contributed by atoms with Gasteiger partial charge in [0.05, 0.1) is 11.9 Å². The number of fused-ring (bicyclic) bond motifs is 1. The van der Waals surface area contributed by atoms with E-state index in [2.05, 4.69) is 41.3 Å². The van der Waals surface area contributed by atoms with Crippen LogP contribution >= 0.6 is 11.3 Å². The van der Waals surface area contributed by atoms with Crippen molar-refractivity contribution in [2.45, 2.75) is 19.8 Å². The van der Waals surface area contributed by atoms with Crippen LogP contribution in [0.4, 0.5) is 0 Å². The Morgan fingerprint density at radius 2 is 2.05 bits per heavy atom. The summed E-state index contributed by atoms with van der Waals surface area (Å²) in [5.41, 5.74) is 8.91. The van der Waals surface area contributed by atoms with Gasteiger partial charge in [-0.2, -0.15) is 5.10 Å². The van der Waals surface area contributed by atoms with E-state index in [9.17, 15) is 0 Å². The number of rotatable bonds is 4. The van der Waals surface area contributed by atoms with Crippen LogP contribution in [0.25, 0.3) is 16.2 Å². The van der Waals surface area contributed by atoms with Crippen LogP contribution in [0.15, 0.2) is 30.5 Å². The summed E-state index contributed by atoms with van der Waals surface area (Å²) in [4.78, 5) is 5.58. The third-order valence-electron chi connectivity index (χ3n) is 3.07. The van der Waals surface area contributed by atoms with Crippen molar-refractivity contribution in [3.05, 3.63) is 41.0 Å². The molecule has 0 saturated heterocycles. The van der Waals surface area contributed by atoms with E-state index in [0.29, 0.717) is 6.54 Å². The number of hydrogen-bond acceptors (Lipinski definition) is 4. The molecule has 1 aromatic carbocycles. The fourth-order valence-corrected chi connectivity index (χ4v) is 2.85. The van der Waals surface area contributed by atoms with Crippen molar-refractivity contribution in [3.63, 3.8) is 0 Å². The molecule has 19 heavy (non-hydrogen) atoms. The maximum Gasteiger partial charge on any atom is 0.212 e. The standard InChI is InChI=1S/C14H16N4S/c1-2-13-17-18-9-12(16-14(18)19-13)11-5-3-10(4-6-11)7-8-15/h3-6,9H,2,7-8,15H2,1H3. The maximum absolute atomic E-state index is 5.55. The third kappa shape index (κ3) is 2.39. The van der Waals surface area contributed by atoms with Crippen LogP contribution in [0.2, 0.25) is 0 Å². The second kappa shape index (κ2) is 5.11. The first-order valence-electron chi connectivity index (χ1n) is 6.44. The van der Waals surface area contributed by atoms with Crippen LogP contribution < -0.4 is 5.73 Å². The van der Waals surface area contributed by atoms with E-state index < -0.39 is 0 Å². The second-order valence-electron chi connectivity index (χ2n) is 4.44. The molecule has 0 spiro atoms. The van der Waals surface area contributed by atoms with Gasteiger partial charge in [-0.1, -0.05) is 42.5 Å². The number of imidazole rings is 1. The predicted molar refractivity (Wildman–Crippen MR) is 78.4 cm³/mol. The molecule has 0 bridgehead atoms. The molecule has 2 aromatic heterocycles. The molecule has 0 fully saturated rings. The van der Waals surface area contributed by atoms with Gasteiger partial charge in [-0.05, 0) is 24.9 Å². The molecule has 0 amide bonds. The van der Waals surface area contributed by atoms with Crippen molar-refractivity contribution in [2.24, 2.45) is 5.73 Å². The molecule has 2 heterocycles. The van der Waals surface area contributed by atoms with Crippen LogP contribution in [0.5, 0.6) is 0 Å². The molecule has 5 heteroatoms. The van der Waals surface area contributed by atoms with E-state index >= 15 is 0 Å². The SMILES string of the molecule is CCc1nn2cc(-c3ccc(CCN)cc3)nc2s1. The molecule has 0 atom stereocenters. The first-order valence-corrected chi connectivity index (χ1v) is 7.26. The molecule has 0 aliphatic rings. The number of aromatic nitrogens is 3. The molecule has 0 saturated carbocycles. The normalized spacial score (nSPS) is 11.3. The Morgan fingerprint density at radius 1 is 1.26 bits per heavy atom. The van der Waals surface area contributed by atoms with Crippen molar-refractivity contribution < 1.29 is 0 Å². The minimum Gasteiger partial charge on any atom is -0.330 e. The van der Waals surface area contributed by atoms with E-state index in [1.54, 1.807) is 11.3 Å². The van der Waals surface area contributed by atoms with Crippen LogP contribution in [-0.4, -0.2) is 21.1 Å². The molecule has 4 nitrogen and oxygen atoms in total.